The van der Waals surface area contributed by atoms with Gasteiger partial charge in [0.15, 0.2) is 0 Å². The zero-order valence-corrected chi connectivity index (χ0v) is 8.56. The van der Waals surface area contributed by atoms with Gasteiger partial charge in [-0.25, -0.2) is 0 Å². The first-order chi connectivity index (χ1) is 6.70. The molecule has 0 saturated heterocycles. The SMILES string of the molecule is COCC(O)CCOCC(O)CCO. The summed E-state index contributed by atoms with van der Waals surface area (Å²) in [4.78, 5) is 0. The van der Waals surface area contributed by atoms with Crippen LogP contribution in [0.2, 0.25) is 0 Å². The smallest absolute Gasteiger partial charge is 0.0795 e. The molecule has 0 aliphatic carbocycles. The lowest BCUT2D eigenvalue weighted by atomic mass is 10.3. The van der Waals surface area contributed by atoms with Crippen LogP contribution in [0.15, 0.2) is 0 Å². The molecule has 3 N–H and O–H groups in total. The van der Waals surface area contributed by atoms with Crippen LogP contribution < -0.4 is 0 Å². The molecule has 5 heteroatoms. The molecule has 14 heavy (non-hydrogen) atoms. The van der Waals surface area contributed by atoms with Crippen molar-refractivity contribution in [2.75, 3.05) is 33.5 Å². The Labute approximate surface area is 84.3 Å². The van der Waals surface area contributed by atoms with E-state index in [0.717, 1.165) is 0 Å². The molecule has 0 rings (SSSR count). The van der Waals surface area contributed by atoms with E-state index in [9.17, 15) is 5.11 Å². The van der Waals surface area contributed by atoms with Crippen molar-refractivity contribution in [2.24, 2.45) is 0 Å². The van der Waals surface area contributed by atoms with E-state index in [0.29, 0.717) is 26.1 Å². The summed E-state index contributed by atoms with van der Waals surface area (Å²) in [6, 6.07) is 0. The normalized spacial score (nSPS) is 15.4. The number of hydrogen-bond acceptors (Lipinski definition) is 5. The van der Waals surface area contributed by atoms with Gasteiger partial charge in [0.2, 0.25) is 0 Å². The minimum absolute atomic E-state index is 0.0448. The Balaban J connectivity index is 3.19. The fraction of sp³-hybridized carbons (Fsp3) is 1.00. The fourth-order valence-corrected chi connectivity index (χ4v) is 0.947. The van der Waals surface area contributed by atoms with Crippen LogP contribution in [0.3, 0.4) is 0 Å². The predicted molar refractivity (Wildman–Crippen MR) is 51.0 cm³/mol. The zero-order valence-electron chi connectivity index (χ0n) is 8.56. The maximum atomic E-state index is 9.21. The Bertz CT molecular complexity index is 106. The van der Waals surface area contributed by atoms with E-state index >= 15 is 0 Å². The molecule has 86 valence electrons. The number of hydrogen-bond donors (Lipinski definition) is 3. The number of methoxy groups -OCH3 is 1. The lowest BCUT2D eigenvalue weighted by Gasteiger charge is -2.12. The van der Waals surface area contributed by atoms with Gasteiger partial charge in [0.1, 0.15) is 0 Å². The van der Waals surface area contributed by atoms with Gasteiger partial charge in [0, 0.05) is 20.3 Å². The van der Waals surface area contributed by atoms with E-state index in [-0.39, 0.29) is 13.2 Å². The molecule has 0 aromatic carbocycles. The number of aliphatic hydroxyl groups is 3. The van der Waals surface area contributed by atoms with Gasteiger partial charge in [-0.2, -0.15) is 0 Å². The third-order valence-corrected chi connectivity index (χ3v) is 1.73. The van der Waals surface area contributed by atoms with E-state index in [4.69, 9.17) is 19.7 Å². The van der Waals surface area contributed by atoms with Gasteiger partial charge in [-0.15, -0.1) is 0 Å². The molecule has 0 radical (unpaired) electrons. The minimum atomic E-state index is -0.625. The van der Waals surface area contributed by atoms with E-state index in [1.807, 2.05) is 0 Å². The highest BCUT2D eigenvalue weighted by atomic mass is 16.5. The molecule has 2 atom stereocenters. The lowest BCUT2D eigenvalue weighted by molar-refractivity contribution is -0.00140. The first-order valence-electron chi connectivity index (χ1n) is 4.74. The number of ether oxygens (including phenoxy) is 2. The van der Waals surface area contributed by atoms with Crippen LogP contribution in [0, 0.1) is 0 Å². The van der Waals surface area contributed by atoms with Crippen molar-refractivity contribution in [2.45, 2.75) is 25.0 Å². The first-order valence-corrected chi connectivity index (χ1v) is 4.74. The van der Waals surface area contributed by atoms with Gasteiger partial charge >= 0.3 is 0 Å². The summed E-state index contributed by atoms with van der Waals surface area (Å²) in [6.45, 7) is 0.826. The summed E-state index contributed by atoms with van der Waals surface area (Å²) in [5.74, 6) is 0. The Morgan fingerprint density at radius 1 is 1.07 bits per heavy atom. The molecule has 0 spiro atoms. The Morgan fingerprint density at radius 3 is 2.29 bits per heavy atom. The molecule has 0 saturated carbocycles. The van der Waals surface area contributed by atoms with E-state index < -0.39 is 12.2 Å². The van der Waals surface area contributed by atoms with Crippen molar-refractivity contribution in [1.82, 2.24) is 0 Å². The molecule has 0 amide bonds. The lowest BCUT2D eigenvalue weighted by Crippen LogP contribution is -2.20. The van der Waals surface area contributed by atoms with E-state index in [1.54, 1.807) is 0 Å². The summed E-state index contributed by atoms with van der Waals surface area (Å²) in [5.41, 5.74) is 0. The van der Waals surface area contributed by atoms with Crippen LogP contribution >= 0.6 is 0 Å². The number of aliphatic hydroxyl groups excluding tert-OH is 3. The summed E-state index contributed by atoms with van der Waals surface area (Å²) in [5, 5.41) is 26.8. The zero-order chi connectivity index (χ0) is 10.8. The largest absolute Gasteiger partial charge is 0.396 e. The molecule has 5 nitrogen and oxygen atoms in total. The molecule has 2 unspecified atom stereocenters. The summed E-state index contributed by atoms with van der Waals surface area (Å²) in [6.07, 6.45) is -0.338. The Hall–Kier alpha value is -0.200. The van der Waals surface area contributed by atoms with Gasteiger partial charge in [-0.3, -0.25) is 0 Å². The van der Waals surface area contributed by atoms with Crippen molar-refractivity contribution >= 4 is 0 Å². The molecular formula is C9H20O5. The summed E-state index contributed by atoms with van der Waals surface area (Å²) < 4.78 is 9.82. The van der Waals surface area contributed by atoms with Crippen molar-refractivity contribution in [3.63, 3.8) is 0 Å². The second-order valence-corrected chi connectivity index (χ2v) is 3.14. The first kappa shape index (κ1) is 13.8. The standard InChI is InChI=1S/C9H20O5/c1-13-6-9(12)3-5-14-7-8(11)2-4-10/h8-12H,2-7H2,1H3. The highest BCUT2D eigenvalue weighted by Gasteiger charge is 2.05. The van der Waals surface area contributed by atoms with Gasteiger partial charge in [-0.1, -0.05) is 0 Å². The molecule has 0 heterocycles. The average molecular weight is 208 g/mol. The molecule has 0 aromatic heterocycles. The molecule has 0 bridgehead atoms. The van der Waals surface area contributed by atoms with Crippen molar-refractivity contribution in [3.8, 4) is 0 Å². The second kappa shape index (κ2) is 9.36. The van der Waals surface area contributed by atoms with E-state index in [2.05, 4.69) is 0 Å². The Kier molecular flexibility index (Phi) is 9.23. The maximum absolute atomic E-state index is 9.21. The quantitative estimate of drug-likeness (QED) is 0.430. The second-order valence-electron chi connectivity index (χ2n) is 3.14. The predicted octanol–water partition coefficient (Wildman–Crippen LogP) is -0.856. The number of rotatable bonds is 9. The van der Waals surface area contributed by atoms with Crippen molar-refractivity contribution in [1.29, 1.82) is 0 Å². The van der Waals surface area contributed by atoms with Crippen LogP contribution in [-0.2, 0) is 9.47 Å². The monoisotopic (exact) mass is 208 g/mol. The van der Waals surface area contributed by atoms with Gasteiger partial charge in [0.05, 0.1) is 25.4 Å². The van der Waals surface area contributed by atoms with Crippen LogP contribution in [-0.4, -0.2) is 61.1 Å². The Morgan fingerprint density at radius 2 is 1.71 bits per heavy atom. The summed E-state index contributed by atoms with van der Waals surface area (Å²) in [7, 11) is 1.52. The molecule has 0 aliphatic heterocycles. The van der Waals surface area contributed by atoms with Gasteiger partial charge in [0.25, 0.3) is 0 Å². The fourth-order valence-electron chi connectivity index (χ4n) is 0.947. The molecule has 0 fully saturated rings. The van der Waals surface area contributed by atoms with Crippen LogP contribution in [0.25, 0.3) is 0 Å². The van der Waals surface area contributed by atoms with E-state index in [1.165, 1.54) is 7.11 Å². The third-order valence-electron chi connectivity index (χ3n) is 1.73. The third kappa shape index (κ3) is 8.40. The topological polar surface area (TPSA) is 79.2 Å². The van der Waals surface area contributed by atoms with Gasteiger partial charge < -0.3 is 24.8 Å². The van der Waals surface area contributed by atoms with Crippen molar-refractivity contribution < 1.29 is 24.8 Å². The highest BCUT2D eigenvalue weighted by Crippen LogP contribution is 1.96. The van der Waals surface area contributed by atoms with Crippen LogP contribution in [0.5, 0.6) is 0 Å². The molecular weight excluding hydrogens is 188 g/mol. The molecule has 0 aliphatic rings. The van der Waals surface area contributed by atoms with Crippen molar-refractivity contribution in [3.05, 3.63) is 0 Å². The van der Waals surface area contributed by atoms with Crippen LogP contribution in [0.1, 0.15) is 12.8 Å². The maximum Gasteiger partial charge on any atom is 0.0795 e. The van der Waals surface area contributed by atoms with Gasteiger partial charge in [-0.05, 0) is 12.8 Å². The minimum Gasteiger partial charge on any atom is -0.396 e. The average Bonchev–Trinajstić information content (AvgIpc) is 2.13. The highest BCUT2D eigenvalue weighted by molar-refractivity contribution is 4.55. The molecule has 0 aromatic rings. The summed E-state index contributed by atoms with van der Waals surface area (Å²) >= 11 is 0. The van der Waals surface area contributed by atoms with Crippen LogP contribution in [0.4, 0.5) is 0 Å².